The minimum absolute atomic E-state index is 0.0670. The Morgan fingerprint density at radius 1 is 1.45 bits per heavy atom. The summed E-state index contributed by atoms with van der Waals surface area (Å²) in [5, 5.41) is 2.48. The van der Waals surface area contributed by atoms with E-state index in [0.29, 0.717) is 12.0 Å². The number of carbonyl (C=O) groups excluding carboxylic acids is 2. The van der Waals surface area contributed by atoms with Crippen LogP contribution in [0, 0.1) is 12.7 Å². The molecule has 20 heavy (non-hydrogen) atoms. The van der Waals surface area contributed by atoms with Gasteiger partial charge < -0.3 is 15.8 Å². The molecule has 0 saturated carbocycles. The van der Waals surface area contributed by atoms with Gasteiger partial charge in [-0.15, -0.1) is 0 Å². The van der Waals surface area contributed by atoms with Crippen LogP contribution in [0.1, 0.15) is 28.4 Å². The Morgan fingerprint density at radius 3 is 2.65 bits per heavy atom. The molecule has 1 rings (SSSR count). The standard InChI is InChI=1S/C14H19FN2O3/c1-4-9-5-10(6-11(15)8(9)2)13(18)17-7-12(16)14(19)20-3/h5-6,12H,4,7,16H2,1-3H3,(H,17,18)/t12-/m1/s1. The van der Waals surface area contributed by atoms with Gasteiger partial charge in [-0.3, -0.25) is 9.59 Å². The lowest BCUT2D eigenvalue weighted by molar-refractivity contribution is -0.141. The molecule has 3 N–H and O–H groups in total. The number of aryl methyl sites for hydroxylation is 1. The Balaban J connectivity index is 2.78. The summed E-state index contributed by atoms with van der Waals surface area (Å²) in [6, 6.07) is 1.87. The number of rotatable bonds is 5. The number of ether oxygens (including phenoxy) is 1. The number of nitrogens with two attached hydrogens (primary N) is 1. The van der Waals surface area contributed by atoms with Crippen LogP contribution in [0.5, 0.6) is 0 Å². The zero-order chi connectivity index (χ0) is 15.3. The molecule has 0 spiro atoms. The molecule has 0 unspecified atom stereocenters. The summed E-state index contributed by atoms with van der Waals surface area (Å²) in [6.07, 6.45) is 0.631. The predicted octanol–water partition coefficient (Wildman–Crippen LogP) is 0.927. The number of hydrogen-bond acceptors (Lipinski definition) is 4. The van der Waals surface area contributed by atoms with E-state index in [1.54, 1.807) is 13.0 Å². The molecular weight excluding hydrogens is 263 g/mol. The lowest BCUT2D eigenvalue weighted by atomic mass is 10.0. The van der Waals surface area contributed by atoms with Crippen LogP contribution in [-0.2, 0) is 16.0 Å². The molecule has 0 radical (unpaired) electrons. The lowest BCUT2D eigenvalue weighted by Gasteiger charge is -2.12. The van der Waals surface area contributed by atoms with Gasteiger partial charge in [0, 0.05) is 12.1 Å². The molecule has 0 saturated heterocycles. The second-order valence-electron chi connectivity index (χ2n) is 4.44. The first-order valence-corrected chi connectivity index (χ1v) is 6.31. The van der Waals surface area contributed by atoms with E-state index in [0.717, 1.165) is 5.56 Å². The van der Waals surface area contributed by atoms with E-state index in [4.69, 9.17) is 5.73 Å². The van der Waals surface area contributed by atoms with E-state index in [9.17, 15) is 14.0 Å². The van der Waals surface area contributed by atoms with Crippen molar-refractivity contribution in [2.45, 2.75) is 26.3 Å². The first-order chi connectivity index (χ1) is 9.40. The molecule has 5 nitrogen and oxygen atoms in total. The number of carbonyl (C=O) groups is 2. The van der Waals surface area contributed by atoms with Gasteiger partial charge in [-0.1, -0.05) is 6.92 Å². The summed E-state index contributed by atoms with van der Waals surface area (Å²) in [5.74, 6) is -1.51. The van der Waals surface area contributed by atoms with Crippen molar-refractivity contribution >= 4 is 11.9 Å². The van der Waals surface area contributed by atoms with E-state index in [1.165, 1.54) is 13.2 Å². The highest BCUT2D eigenvalue weighted by Crippen LogP contribution is 2.16. The average Bonchev–Trinajstić information content (AvgIpc) is 2.45. The normalized spacial score (nSPS) is 11.8. The van der Waals surface area contributed by atoms with Gasteiger partial charge in [0.2, 0.25) is 0 Å². The highest BCUT2D eigenvalue weighted by molar-refractivity contribution is 5.94. The first kappa shape index (κ1) is 16.1. The quantitative estimate of drug-likeness (QED) is 0.787. The van der Waals surface area contributed by atoms with Crippen LogP contribution < -0.4 is 11.1 Å². The highest BCUT2D eigenvalue weighted by atomic mass is 19.1. The van der Waals surface area contributed by atoms with E-state index >= 15 is 0 Å². The Morgan fingerprint density at radius 2 is 2.10 bits per heavy atom. The van der Waals surface area contributed by atoms with Gasteiger partial charge in [-0.2, -0.15) is 0 Å². The minimum Gasteiger partial charge on any atom is -0.468 e. The van der Waals surface area contributed by atoms with E-state index in [2.05, 4.69) is 10.1 Å². The van der Waals surface area contributed by atoms with Crippen molar-refractivity contribution < 1.29 is 18.7 Å². The molecule has 0 aliphatic carbocycles. The second kappa shape index (κ2) is 7.00. The Labute approximate surface area is 117 Å². The van der Waals surface area contributed by atoms with Crippen LogP contribution in [0.15, 0.2) is 12.1 Å². The van der Waals surface area contributed by atoms with Crippen molar-refractivity contribution in [2.24, 2.45) is 5.73 Å². The van der Waals surface area contributed by atoms with Crippen molar-refractivity contribution in [3.05, 3.63) is 34.6 Å². The fourth-order valence-electron chi connectivity index (χ4n) is 1.77. The molecule has 1 aromatic rings. The molecule has 1 aromatic carbocycles. The first-order valence-electron chi connectivity index (χ1n) is 6.31. The van der Waals surface area contributed by atoms with E-state index < -0.39 is 23.7 Å². The molecule has 0 aliphatic heterocycles. The van der Waals surface area contributed by atoms with Crippen LogP contribution in [0.25, 0.3) is 0 Å². The molecular formula is C14H19FN2O3. The fraction of sp³-hybridized carbons (Fsp3) is 0.429. The Bertz CT molecular complexity index is 517. The number of amides is 1. The van der Waals surface area contributed by atoms with Crippen molar-refractivity contribution in [3.63, 3.8) is 0 Å². The fourth-order valence-corrected chi connectivity index (χ4v) is 1.77. The van der Waals surface area contributed by atoms with Gasteiger partial charge in [0.1, 0.15) is 11.9 Å². The van der Waals surface area contributed by atoms with Crippen LogP contribution in [-0.4, -0.2) is 31.6 Å². The molecule has 110 valence electrons. The third kappa shape index (κ3) is 3.77. The number of hydrogen-bond donors (Lipinski definition) is 2. The summed E-state index contributed by atoms with van der Waals surface area (Å²) in [5.41, 5.74) is 7.02. The molecule has 0 aliphatic rings. The third-order valence-corrected chi connectivity index (χ3v) is 3.08. The largest absolute Gasteiger partial charge is 0.468 e. The maximum atomic E-state index is 13.7. The van der Waals surface area contributed by atoms with Gasteiger partial charge in [-0.25, -0.2) is 4.39 Å². The monoisotopic (exact) mass is 282 g/mol. The van der Waals surface area contributed by atoms with Crippen LogP contribution in [0.4, 0.5) is 4.39 Å². The summed E-state index contributed by atoms with van der Waals surface area (Å²) < 4.78 is 18.1. The zero-order valence-corrected chi connectivity index (χ0v) is 11.8. The summed E-state index contributed by atoms with van der Waals surface area (Å²) in [6.45, 7) is 3.49. The van der Waals surface area contributed by atoms with Gasteiger partial charge in [0.05, 0.1) is 7.11 Å². The van der Waals surface area contributed by atoms with Crippen LogP contribution in [0.2, 0.25) is 0 Å². The molecule has 0 aromatic heterocycles. The van der Waals surface area contributed by atoms with Gasteiger partial charge >= 0.3 is 5.97 Å². The number of methoxy groups -OCH3 is 1. The average molecular weight is 282 g/mol. The molecule has 0 fully saturated rings. The van der Waals surface area contributed by atoms with E-state index in [1.807, 2.05) is 6.92 Å². The maximum absolute atomic E-state index is 13.7. The molecule has 0 heterocycles. The van der Waals surface area contributed by atoms with Crippen LogP contribution in [0.3, 0.4) is 0 Å². The van der Waals surface area contributed by atoms with Crippen molar-refractivity contribution in [2.75, 3.05) is 13.7 Å². The smallest absolute Gasteiger partial charge is 0.324 e. The predicted molar refractivity (Wildman–Crippen MR) is 72.8 cm³/mol. The van der Waals surface area contributed by atoms with Crippen molar-refractivity contribution in [1.29, 1.82) is 0 Å². The number of benzene rings is 1. The number of nitrogens with one attached hydrogen (secondary N) is 1. The summed E-state index contributed by atoms with van der Waals surface area (Å²) >= 11 is 0. The maximum Gasteiger partial charge on any atom is 0.324 e. The Hall–Kier alpha value is -1.95. The molecule has 1 amide bonds. The number of esters is 1. The van der Waals surface area contributed by atoms with Crippen molar-refractivity contribution in [3.8, 4) is 0 Å². The molecule has 6 heteroatoms. The number of halogens is 1. The van der Waals surface area contributed by atoms with Crippen molar-refractivity contribution in [1.82, 2.24) is 5.32 Å². The second-order valence-corrected chi connectivity index (χ2v) is 4.44. The highest BCUT2D eigenvalue weighted by Gasteiger charge is 2.16. The Kier molecular flexibility index (Phi) is 5.64. The minimum atomic E-state index is -0.940. The molecule has 1 atom stereocenters. The van der Waals surface area contributed by atoms with E-state index in [-0.39, 0.29) is 12.1 Å². The van der Waals surface area contributed by atoms with Gasteiger partial charge in [0.15, 0.2) is 0 Å². The van der Waals surface area contributed by atoms with Crippen LogP contribution >= 0.6 is 0 Å². The topological polar surface area (TPSA) is 81.4 Å². The lowest BCUT2D eigenvalue weighted by Crippen LogP contribution is -2.43. The zero-order valence-electron chi connectivity index (χ0n) is 11.8. The molecule has 0 bridgehead atoms. The van der Waals surface area contributed by atoms with Gasteiger partial charge in [-0.05, 0) is 36.6 Å². The SMILES string of the molecule is CCc1cc(C(=O)NC[C@@H](N)C(=O)OC)cc(F)c1C. The third-order valence-electron chi connectivity index (χ3n) is 3.08. The summed E-state index contributed by atoms with van der Waals surface area (Å²) in [7, 11) is 1.22. The van der Waals surface area contributed by atoms with Gasteiger partial charge in [0.25, 0.3) is 5.91 Å². The summed E-state index contributed by atoms with van der Waals surface area (Å²) in [4.78, 5) is 23.0.